The molecule has 7 rings (SSSR count). The normalized spacial score (nSPS) is 38.8. The Hall–Kier alpha value is -3.36. The average molecular weight is 730 g/mol. The van der Waals surface area contributed by atoms with Crippen LogP contribution in [0.3, 0.4) is 0 Å². The molecule has 0 spiro atoms. The largest absolute Gasteiger partial charge is 0.478 e. The second-order valence-corrected chi connectivity index (χ2v) is 20.0. The number of allylic oxidation sites excluding steroid dienone is 2. The van der Waals surface area contributed by atoms with Crippen molar-refractivity contribution in [2.75, 3.05) is 13.1 Å². The third-order valence-corrected chi connectivity index (χ3v) is 16.1. The molecule has 6 aliphatic rings. The summed E-state index contributed by atoms with van der Waals surface area (Å²) < 4.78 is 5.36. The molecule has 5 aliphatic carbocycles. The van der Waals surface area contributed by atoms with E-state index in [0.717, 1.165) is 44.1 Å². The molecule has 5 fully saturated rings. The SMILES string of the molecule is CC(C)(C)OC(=O)N[C@H]1CCN(CC(=O)N[C@]23CCCC2[C@H]2CCC4[C@@]5(C)CC=C(c6ccc(C(=O)O)cc6)C(C)(C)C5CC[C@@]4(C)[C@]2(C)CC3)C1=O. The van der Waals surface area contributed by atoms with Gasteiger partial charge in [-0.3, -0.25) is 9.59 Å². The minimum atomic E-state index is -0.889. The van der Waals surface area contributed by atoms with Gasteiger partial charge in [-0.2, -0.15) is 0 Å². The Bertz CT molecular complexity index is 1690. The van der Waals surface area contributed by atoms with Crippen LogP contribution < -0.4 is 10.6 Å². The van der Waals surface area contributed by atoms with Crippen LogP contribution in [-0.2, 0) is 14.3 Å². The molecule has 9 nitrogen and oxygen atoms in total. The molecule has 1 aromatic rings. The number of aromatic carboxylic acids is 1. The van der Waals surface area contributed by atoms with E-state index in [1.54, 1.807) is 37.8 Å². The Morgan fingerprint density at radius 2 is 1.58 bits per heavy atom. The summed E-state index contributed by atoms with van der Waals surface area (Å²) in [7, 11) is 0. The van der Waals surface area contributed by atoms with E-state index in [0.29, 0.717) is 42.2 Å². The van der Waals surface area contributed by atoms with Crippen molar-refractivity contribution in [1.82, 2.24) is 15.5 Å². The number of nitrogens with zero attached hydrogens (tertiary/aromatic N) is 1. The number of ether oxygens (including phenoxy) is 1. The first kappa shape index (κ1) is 37.9. The van der Waals surface area contributed by atoms with E-state index in [1.807, 2.05) is 12.1 Å². The Balaban J connectivity index is 1.05. The lowest BCUT2D eigenvalue weighted by atomic mass is 9.33. The van der Waals surface area contributed by atoms with Gasteiger partial charge in [-0.05, 0) is 154 Å². The number of carbonyl (C=O) groups excluding carboxylic acids is 3. The van der Waals surface area contributed by atoms with E-state index < -0.39 is 23.7 Å². The first-order valence-corrected chi connectivity index (χ1v) is 20.4. The molecular weight excluding hydrogens is 666 g/mol. The molecule has 9 atom stereocenters. The highest BCUT2D eigenvalue weighted by molar-refractivity contribution is 5.91. The molecule has 53 heavy (non-hydrogen) atoms. The van der Waals surface area contributed by atoms with E-state index in [-0.39, 0.29) is 45.6 Å². The molecule has 1 aromatic carbocycles. The molecule has 0 aromatic heterocycles. The first-order valence-electron chi connectivity index (χ1n) is 20.4. The monoisotopic (exact) mass is 729 g/mol. The maximum absolute atomic E-state index is 13.8. The summed E-state index contributed by atoms with van der Waals surface area (Å²) in [5.74, 6) is 0.936. The Morgan fingerprint density at radius 3 is 2.26 bits per heavy atom. The number of benzene rings is 1. The summed E-state index contributed by atoms with van der Waals surface area (Å²) in [6.07, 6.45) is 13.6. The molecule has 1 saturated heterocycles. The van der Waals surface area contributed by atoms with Crippen molar-refractivity contribution in [3.8, 4) is 0 Å². The predicted molar refractivity (Wildman–Crippen MR) is 205 cm³/mol. The van der Waals surface area contributed by atoms with Gasteiger partial charge in [0, 0.05) is 12.1 Å². The van der Waals surface area contributed by atoms with Crippen molar-refractivity contribution in [2.24, 2.45) is 45.3 Å². The van der Waals surface area contributed by atoms with Gasteiger partial charge < -0.3 is 25.4 Å². The van der Waals surface area contributed by atoms with Crippen molar-refractivity contribution in [3.05, 3.63) is 41.5 Å². The van der Waals surface area contributed by atoms with Gasteiger partial charge in [0.25, 0.3) is 0 Å². The number of carboxylic acid groups (broad SMARTS) is 1. The number of fused-ring (bicyclic) bond motifs is 7. The van der Waals surface area contributed by atoms with E-state index >= 15 is 0 Å². The molecule has 290 valence electrons. The van der Waals surface area contributed by atoms with Crippen molar-refractivity contribution >= 4 is 29.5 Å². The van der Waals surface area contributed by atoms with Gasteiger partial charge >= 0.3 is 12.1 Å². The molecule has 3 N–H and O–H groups in total. The number of nitrogens with one attached hydrogen (secondary N) is 2. The van der Waals surface area contributed by atoms with E-state index in [9.17, 15) is 24.3 Å². The molecule has 0 radical (unpaired) electrons. The minimum Gasteiger partial charge on any atom is -0.478 e. The lowest BCUT2D eigenvalue weighted by molar-refractivity contribution is -0.217. The number of likely N-dealkylation sites (tertiary alicyclic amines) is 1. The number of alkyl carbamates (subject to hydrolysis) is 1. The zero-order chi connectivity index (χ0) is 38.4. The summed E-state index contributed by atoms with van der Waals surface area (Å²) in [6.45, 7) is 18.5. The number of rotatable bonds is 6. The number of hydrogen-bond acceptors (Lipinski definition) is 5. The Kier molecular flexibility index (Phi) is 9.21. The molecule has 3 amide bonds. The van der Waals surface area contributed by atoms with Gasteiger partial charge in [-0.25, -0.2) is 9.59 Å². The highest BCUT2D eigenvalue weighted by atomic mass is 16.6. The lowest BCUT2D eigenvalue weighted by Crippen LogP contribution is -2.68. The smallest absolute Gasteiger partial charge is 0.408 e. The fourth-order valence-corrected chi connectivity index (χ4v) is 13.6. The summed E-state index contributed by atoms with van der Waals surface area (Å²) in [5, 5.41) is 15.7. The summed E-state index contributed by atoms with van der Waals surface area (Å²) in [5.41, 5.74) is 2.48. The maximum Gasteiger partial charge on any atom is 0.408 e. The average Bonchev–Trinajstić information content (AvgIpc) is 3.63. The highest BCUT2D eigenvalue weighted by Crippen LogP contribution is 2.76. The Labute approximate surface area is 316 Å². The molecule has 3 unspecified atom stereocenters. The van der Waals surface area contributed by atoms with E-state index in [1.165, 1.54) is 31.3 Å². The zero-order valence-corrected chi connectivity index (χ0v) is 33.4. The van der Waals surface area contributed by atoms with Crippen LogP contribution in [0.25, 0.3) is 5.57 Å². The molecule has 0 bridgehead atoms. The zero-order valence-electron chi connectivity index (χ0n) is 33.4. The second kappa shape index (κ2) is 12.9. The van der Waals surface area contributed by atoms with Gasteiger partial charge in [0.05, 0.1) is 12.1 Å². The number of carbonyl (C=O) groups is 4. The van der Waals surface area contributed by atoms with E-state index in [4.69, 9.17) is 4.74 Å². The predicted octanol–water partition coefficient (Wildman–Crippen LogP) is 8.23. The van der Waals surface area contributed by atoms with Crippen LogP contribution >= 0.6 is 0 Å². The number of hydrogen-bond donors (Lipinski definition) is 3. The Morgan fingerprint density at radius 1 is 0.868 bits per heavy atom. The van der Waals surface area contributed by atoms with Crippen LogP contribution in [0.1, 0.15) is 142 Å². The van der Waals surface area contributed by atoms with Crippen molar-refractivity contribution in [3.63, 3.8) is 0 Å². The third-order valence-electron chi connectivity index (χ3n) is 16.1. The van der Waals surface area contributed by atoms with Crippen LogP contribution in [0, 0.1) is 45.3 Å². The van der Waals surface area contributed by atoms with Crippen molar-refractivity contribution in [1.29, 1.82) is 0 Å². The minimum absolute atomic E-state index is 0.0241. The number of amides is 3. The molecule has 1 aliphatic heterocycles. The molecular formula is C44H63N3O6. The van der Waals surface area contributed by atoms with Gasteiger partial charge in [0.2, 0.25) is 11.8 Å². The van der Waals surface area contributed by atoms with Gasteiger partial charge in [-0.1, -0.05) is 59.2 Å². The fraction of sp³-hybridized carbons (Fsp3) is 0.727. The maximum atomic E-state index is 13.8. The van der Waals surface area contributed by atoms with Gasteiger partial charge in [0.1, 0.15) is 11.6 Å². The van der Waals surface area contributed by atoms with E-state index in [2.05, 4.69) is 51.3 Å². The molecule has 4 saturated carbocycles. The van der Waals surface area contributed by atoms with Crippen LogP contribution in [0.5, 0.6) is 0 Å². The quantitative estimate of drug-likeness (QED) is 0.271. The number of carboxylic acids is 1. The second-order valence-electron chi connectivity index (χ2n) is 20.0. The van der Waals surface area contributed by atoms with Crippen LogP contribution in [-0.4, -0.2) is 64.2 Å². The van der Waals surface area contributed by atoms with Crippen LogP contribution in [0.4, 0.5) is 4.79 Å². The van der Waals surface area contributed by atoms with Gasteiger partial charge in [-0.15, -0.1) is 0 Å². The third kappa shape index (κ3) is 6.11. The van der Waals surface area contributed by atoms with Crippen LogP contribution in [0.2, 0.25) is 0 Å². The molecule has 9 heteroatoms. The summed E-state index contributed by atoms with van der Waals surface area (Å²) in [4.78, 5) is 52.5. The fourth-order valence-electron chi connectivity index (χ4n) is 13.6. The van der Waals surface area contributed by atoms with Crippen molar-refractivity contribution < 1.29 is 29.0 Å². The standard InChI is InChI=1S/C44H63N3O6/c1-39(2,3)53-38(52)45-32-19-25-47(36(32)49)26-35(48)46-44-20-9-10-31(44)30-15-16-34-41(6)21-17-29(27-11-13-28(14-12-27)37(50)51)40(4,5)33(41)18-22-43(34,8)42(30,7)23-24-44/h11-14,17,30-34H,9-10,15-16,18-26H2,1-8H3,(H,45,52)(H,46,48)(H,50,51)/t30-,31?,32+,33?,34?,41+,42-,43-,44+/m1/s1. The highest BCUT2D eigenvalue weighted by Gasteiger charge is 2.69. The topological polar surface area (TPSA) is 125 Å². The summed E-state index contributed by atoms with van der Waals surface area (Å²) >= 11 is 0. The van der Waals surface area contributed by atoms with Crippen LogP contribution in [0.15, 0.2) is 30.3 Å². The van der Waals surface area contributed by atoms with Crippen molar-refractivity contribution in [2.45, 2.75) is 143 Å². The summed E-state index contributed by atoms with van der Waals surface area (Å²) in [6, 6.07) is 6.81. The van der Waals surface area contributed by atoms with Gasteiger partial charge in [0.15, 0.2) is 0 Å². The first-order chi connectivity index (χ1) is 24.7. The lowest BCUT2D eigenvalue weighted by Gasteiger charge is -2.72. The molecule has 1 heterocycles.